The number of nitrogens with zero attached hydrogens (tertiary/aromatic N) is 1. The van der Waals surface area contributed by atoms with Gasteiger partial charge in [0, 0.05) is 23.4 Å². The second-order valence-electron chi connectivity index (χ2n) is 4.66. The van der Waals surface area contributed by atoms with Crippen LogP contribution >= 0.6 is 11.6 Å². The minimum Gasteiger partial charge on any atom is -0.344 e. The number of hydrogen-bond donors (Lipinski definition) is 1. The van der Waals surface area contributed by atoms with Crippen molar-refractivity contribution >= 4 is 23.0 Å². The van der Waals surface area contributed by atoms with Crippen LogP contribution in [0, 0.1) is 6.92 Å². The van der Waals surface area contributed by atoms with Gasteiger partial charge in [-0.1, -0.05) is 29.8 Å². The van der Waals surface area contributed by atoms with Crippen LogP contribution in [0.4, 0.5) is 11.4 Å². The Kier molecular flexibility index (Phi) is 4.46. The summed E-state index contributed by atoms with van der Waals surface area (Å²) in [5.74, 6) is 0. The second-order valence-corrected chi connectivity index (χ2v) is 5.09. The van der Waals surface area contributed by atoms with Crippen LogP contribution in [0.2, 0.25) is 5.02 Å². The lowest BCUT2D eigenvalue weighted by molar-refractivity contribution is 0.960. The minimum absolute atomic E-state index is 0.620. The zero-order chi connectivity index (χ0) is 13.8. The molecule has 0 aliphatic heterocycles. The summed E-state index contributed by atoms with van der Waals surface area (Å²) in [6, 6.07) is 14.3. The molecular formula is C16H19ClN2. The quantitative estimate of drug-likeness (QED) is 0.916. The van der Waals surface area contributed by atoms with E-state index in [-0.39, 0.29) is 0 Å². The number of nitrogens with two attached hydrogens (primary N) is 1. The summed E-state index contributed by atoms with van der Waals surface area (Å²) in [5, 5.41) is 0.755. The summed E-state index contributed by atoms with van der Waals surface area (Å²) in [5.41, 5.74) is 10.5. The number of rotatable bonds is 4. The van der Waals surface area contributed by atoms with Gasteiger partial charge in [-0.3, -0.25) is 0 Å². The molecule has 0 saturated heterocycles. The van der Waals surface area contributed by atoms with Crippen molar-refractivity contribution in [3.8, 4) is 0 Å². The molecule has 2 rings (SSSR count). The SMILES string of the molecule is Cc1ccccc1N(C)c1ccc(Cl)cc1CCN. The highest BCUT2D eigenvalue weighted by Crippen LogP contribution is 2.31. The van der Waals surface area contributed by atoms with Gasteiger partial charge in [-0.2, -0.15) is 0 Å². The van der Waals surface area contributed by atoms with Crippen LogP contribution in [0.5, 0.6) is 0 Å². The van der Waals surface area contributed by atoms with E-state index in [2.05, 4.69) is 49.2 Å². The number of aryl methyl sites for hydroxylation is 1. The fourth-order valence-electron chi connectivity index (χ4n) is 2.31. The van der Waals surface area contributed by atoms with Gasteiger partial charge in [-0.05, 0) is 55.3 Å². The van der Waals surface area contributed by atoms with Crippen molar-refractivity contribution in [2.75, 3.05) is 18.5 Å². The second kappa shape index (κ2) is 6.09. The third-order valence-electron chi connectivity index (χ3n) is 3.29. The van der Waals surface area contributed by atoms with Crippen LogP contribution in [0.15, 0.2) is 42.5 Å². The minimum atomic E-state index is 0.620. The van der Waals surface area contributed by atoms with Crippen LogP contribution in [-0.4, -0.2) is 13.6 Å². The number of anilines is 2. The Labute approximate surface area is 119 Å². The third-order valence-corrected chi connectivity index (χ3v) is 3.53. The predicted octanol–water partition coefficient (Wildman–Crippen LogP) is 3.92. The van der Waals surface area contributed by atoms with Crippen molar-refractivity contribution in [3.63, 3.8) is 0 Å². The monoisotopic (exact) mass is 274 g/mol. The Morgan fingerprint density at radius 2 is 1.84 bits per heavy atom. The molecule has 0 aromatic heterocycles. The maximum atomic E-state index is 6.08. The molecule has 0 heterocycles. The molecule has 2 N–H and O–H groups in total. The average molecular weight is 275 g/mol. The van der Waals surface area contributed by atoms with E-state index in [1.165, 1.54) is 16.8 Å². The van der Waals surface area contributed by atoms with E-state index >= 15 is 0 Å². The number of hydrogen-bond acceptors (Lipinski definition) is 2. The van der Waals surface area contributed by atoms with E-state index in [1.807, 2.05) is 12.1 Å². The van der Waals surface area contributed by atoms with Crippen LogP contribution < -0.4 is 10.6 Å². The van der Waals surface area contributed by atoms with E-state index in [4.69, 9.17) is 17.3 Å². The third kappa shape index (κ3) is 3.09. The fraction of sp³-hybridized carbons (Fsp3) is 0.250. The molecule has 2 aromatic rings. The molecule has 0 spiro atoms. The van der Waals surface area contributed by atoms with Crippen molar-refractivity contribution in [3.05, 3.63) is 58.6 Å². The molecule has 19 heavy (non-hydrogen) atoms. The summed E-state index contributed by atoms with van der Waals surface area (Å²) in [6.07, 6.45) is 0.826. The standard InChI is InChI=1S/C16H19ClN2/c1-12-5-3-4-6-15(12)19(2)16-8-7-14(17)11-13(16)9-10-18/h3-8,11H,9-10,18H2,1-2H3. The Morgan fingerprint density at radius 1 is 1.11 bits per heavy atom. The molecular weight excluding hydrogens is 256 g/mol. The molecule has 0 unspecified atom stereocenters. The highest BCUT2D eigenvalue weighted by Gasteiger charge is 2.11. The Balaban J connectivity index is 2.43. The lowest BCUT2D eigenvalue weighted by Gasteiger charge is -2.24. The smallest absolute Gasteiger partial charge is 0.0442 e. The topological polar surface area (TPSA) is 29.3 Å². The molecule has 0 radical (unpaired) electrons. The fourth-order valence-corrected chi connectivity index (χ4v) is 2.50. The molecule has 3 heteroatoms. The highest BCUT2D eigenvalue weighted by molar-refractivity contribution is 6.30. The van der Waals surface area contributed by atoms with Crippen molar-refractivity contribution in [2.45, 2.75) is 13.3 Å². The van der Waals surface area contributed by atoms with Crippen LogP contribution in [0.1, 0.15) is 11.1 Å². The lowest BCUT2D eigenvalue weighted by atomic mass is 10.1. The predicted molar refractivity (Wildman–Crippen MR) is 83.5 cm³/mol. The molecule has 0 fully saturated rings. The first-order valence-electron chi connectivity index (χ1n) is 6.41. The van der Waals surface area contributed by atoms with Gasteiger partial charge in [0.25, 0.3) is 0 Å². The van der Waals surface area contributed by atoms with Gasteiger partial charge in [-0.15, -0.1) is 0 Å². The van der Waals surface area contributed by atoms with E-state index in [9.17, 15) is 0 Å². The summed E-state index contributed by atoms with van der Waals surface area (Å²) in [4.78, 5) is 2.19. The summed E-state index contributed by atoms with van der Waals surface area (Å²) < 4.78 is 0. The van der Waals surface area contributed by atoms with E-state index in [0.717, 1.165) is 17.1 Å². The first kappa shape index (κ1) is 13.9. The molecule has 2 aromatic carbocycles. The molecule has 0 saturated carbocycles. The van der Waals surface area contributed by atoms with Crippen molar-refractivity contribution < 1.29 is 0 Å². The van der Waals surface area contributed by atoms with Crippen LogP contribution in [0.3, 0.4) is 0 Å². The first-order chi connectivity index (χ1) is 9.13. The average Bonchev–Trinajstić information content (AvgIpc) is 2.39. The van der Waals surface area contributed by atoms with Crippen molar-refractivity contribution in [1.29, 1.82) is 0 Å². The molecule has 2 nitrogen and oxygen atoms in total. The largest absolute Gasteiger partial charge is 0.344 e. The van der Waals surface area contributed by atoms with Gasteiger partial charge in [-0.25, -0.2) is 0 Å². The summed E-state index contributed by atoms with van der Waals surface area (Å²) >= 11 is 6.08. The van der Waals surface area contributed by atoms with Crippen molar-refractivity contribution in [1.82, 2.24) is 0 Å². The maximum Gasteiger partial charge on any atom is 0.0442 e. The lowest BCUT2D eigenvalue weighted by Crippen LogP contribution is -2.14. The molecule has 0 atom stereocenters. The molecule has 0 bridgehead atoms. The number of halogens is 1. The van der Waals surface area contributed by atoms with Gasteiger partial charge in [0.2, 0.25) is 0 Å². The summed E-state index contributed by atoms with van der Waals surface area (Å²) in [6.45, 7) is 2.74. The Hall–Kier alpha value is -1.51. The Morgan fingerprint density at radius 3 is 2.53 bits per heavy atom. The molecule has 0 aliphatic carbocycles. The van der Waals surface area contributed by atoms with Gasteiger partial charge < -0.3 is 10.6 Å². The first-order valence-corrected chi connectivity index (χ1v) is 6.79. The van der Waals surface area contributed by atoms with Crippen LogP contribution in [-0.2, 0) is 6.42 Å². The van der Waals surface area contributed by atoms with E-state index < -0.39 is 0 Å². The van der Waals surface area contributed by atoms with E-state index in [1.54, 1.807) is 0 Å². The zero-order valence-electron chi connectivity index (χ0n) is 11.4. The number of benzene rings is 2. The van der Waals surface area contributed by atoms with E-state index in [0.29, 0.717) is 6.54 Å². The van der Waals surface area contributed by atoms with Crippen LogP contribution in [0.25, 0.3) is 0 Å². The highest BCUT2D eigenvalue weighted by atomic mass is 35.5. The zero-order valence-corrected chi connectivity index (χ0v) is 12.1. The number of para-hydroxylation sites is 1. The normalized spacial score (nSPS) is 10.5. The van der Waals surface area contributed by atoms with Gasteiger partial charge in [0.1, 0.15) is 0 Å². The van der Waals surface area contributed by atoms with Gasteiger partial charge in [0.15, 0.2) is 0 Å². The van der Waals surface area contributed by atoms with Gasteiger partial charge in [0.05, 0.1) is 0 Å². The van der Waals surface area contributed by atoms with Gasteiger partial charge >= 0.3 is 0 Å². The Bertz CT molecular complexity index is 566. The molecule has 0 aliphatic rings. The molecule has 100 valence electrons. The summed E-state index contributed by atoms with van der Waals surface area (Å²) in [7, 11) is 2.07. The maximum absolute atomic E-state index is 6.08. The van der Waals surface area contributed by atoms with Crippen molar-refractivity contribution in [2.24, 2.45) is 5.73 Å². The molecule has 0 amide bonds.